The number of aliphatic hydroxyl groups excluding tert-OH is 1. The van der Waals surface area contributed by atoms with Crippen molar-refractivity contribution in [2.75, 3.05) is 45.3 Å². The van der Waals surface area contributed by atoms with Gasteiger partial charge in [-0.1, -0.05) is 6.07 Å². The van der Waals surface area contributed by atoms with E-state index in [0.29, 0.717) is 37.8 Å². The molecule has 1 atom stereocenters. The first-order chi connectivity index (χ1) is 14.4. The predicted octanol–water partition coefficient (Wildman–Crippen LogP) is 2.23. The first-order valence-electron chi connectivity index (χ1n) is 10.0. The van der Waals surface area contributed by atoms with Crippen molar-refractivity contribution in [1.29, 1.82) is 0 Å². The van der Waals surface area contributed by atoms with E-state index >= 15 is 0 Å². The number of carbonyl (C=O) groups is 1. The zero-order chi connectivity index (χ0) is 21.8. The van der Waals surface area contributed by atoms with Crippen LogP contribution in [0.4, 0.5) is 10.5 Å². The molecule has 0 saturated heterocycles. The number of benzene rings is 1. The van der Waals surface area contributed by atoms with Gasteiger partial charge in [-0.3, -0.25) is 4.68 Å². The Morgan fingerprint density at radius 3 is 2.83 bits per heavy atom. The molecule has 2 rings (SSSR count). The Bertz CT molecular complexity index is 739. The van der Waals surface area contributed by atoms with Crippen LogP contribution in [0.3, 0.4) is 0 Å². The van der Waals surface area contributed by atoms with Crippen LogP contribution in [-0.2, 0) is 16.0 Å². The largest absolute Gasteiger partial charge is 0.492 e. The van der Waals surface area contributed by atoms with Crippen LogP contribution in [0, 0.1) is 0 Å². The van der Waals surface area contributed by atoms with Crippen LogP contribution in [0.1, 0.15) is 13.8 Å². The van der Waals surface area contributed by atoms with Gasteiger partial charge in [-0.2, -0.15) is 5.10 Å². The average molecular weight is 421 g/mol. The summed E-state index contributed by atoms with van der Waals surface area (Å²) in [7, 11) is 1.62. The average Bonchev–Trinajstić information content (AvgIpc) is 3.21. The minimum atomic E-state index is -0.781. The second kappa shape index (κ2) is 12.8. The third-order valence-electron chi connectivity index (χ3n) is 4.05. The van der Waals surface area contributed by atoms with Gasteiger partial charge in [-0.15, -0.1) is 0 Å². The monoisotopic (exact) mass is 420 g/mol. The van der Waals surface area contributed by atoms with E-state index in [4.69, 9.17) is 14.2 Å². The zero-order valence-electron chi connectivity index (χ0n) is 17.9. The summed E-state index contributed by atoms with van der Waals surface area (Å²) < 4.78 is 18.2. The quantitative estimate of drug-likeness (QED) is 0.482. The molecule has 2 amide bonds. The number of hydrogen-bond donors (Lipinski definition) is 2. The predicted molar refractivity (Wildman–Crippen MR) is 114 cm³/mol. The number of carbonyl (C=O) groups excluding carboxylic acids is 1. The van der Waals surface area contributed by atoms with Gasteiger partial charge >= 0.3 is 6.03 Å². The fourth-order valence-electron chi connectivity index (χ4n) is 2.59. The van der Waals surface area contributed by atoms with E-state index in [-0.39, 0.29) is 25.3 Å². The van der Waals surface area contributed by atoms with E-state index in [9.17, 15) is 9.90 Å². The molecule has 0 saturated carbocycles. The summed E-state index contributed by atoms with van der Waals surface area (Å²) in [6.45, 7) is 6.16. The Kier molecular flexibility index (Phi) is 10.1. The van der Waals surface area contributed by atoms with Crippen LogP contribution >= 0.6 is 0 Å². The summed E-state index contributed by atoms with van der Waals surface area (Å²) in [6.07, 6.45) is 2.96. The Morgan fingerprint density at radius 1 is 1.27 bits per heavy atom. The highest BCUT2D eigenvalue weighted by atomic mass is 16.5. The molecular weight excluding hydrogens is 388 g/mol. The van der Waals surface area contributed by atoms with E-state index < -0.39 is 6.10 Å². The maximum Gasteiger partial charge on any atom is 0.321 e. The molecule has 1 unspecified atom stereocenters. The number of rotatable bonds is 13. The van der Waals surface area contributed by atoms with Crippen LogP contribution in [0.15, 0.2) is 42.7 Å². The Balaban J connectivity index is 1.69. The lowest BCUT2D eigenvalue weighted by molar-refractivity contribution is -0.0144. The SMILES string of the molecule is CC(C)OCCOCC(O)CN(C)C(=O)Nc1cccc(OCCn2cccn2)c1. The van der Waals surface area contributed by atoms with E-state index in [0.717, 1.165) is 0 Å². The first-order valence-corrected chi connectivity index (χ1v) is 10.0. The number of aromatic nitrogens is 2. The summed E-state index contributed by atoms with van der Waals surface area (Å²) in [5, 5.41) is 17.0. The van der Waals surface area contributed by atoms with Crippen molar-refractivity contribution in [2.45, 2.75) is 32.6 Å². The van der Waals surface area contributed by atoms with E-state index in [2.05, 4.69) is 10.4 Å². The number of nitrogens with zero attached hydrogens (tertiary/aromatic N) is 3. The van der Waals surface area contributed by atoms with Gasteiger partial charge in [0.25, 0.3) is 0 Å². The molecule has 0 bridgehead atoms. The van der Waals surface area contributed by atoms with Crippen LogP contribution < -0.4 is 10.1 Å². The standard InChI is InChI=1S/C21H32N4O5/c1-17(2)29-13-12-28-16-19(26)15-24(3)21(27)23-18-6-4-7-20(14-18)30-11-10-25-9-5-8-22-25/h4-9,14,17,19,26H,10-13,15-16H2,1-3H3,(H,23,27). The summed E-state index contributed by atoms with van der Waals surface area (Å²) in [5.74, 6) is 0.652. The molecule has 1 aromatic carbocycles. The van der Waals surface area contributed by atoms with Crippen molar-refractivity contribution in [2.24, 2.45) is 0 Å². The maximum atomic E-state index is 12.4. The molecule has 9 nitrogen and oxygen atoms in total. The van der Waals surface area contributed by atoms with E-state index in [1.165, 1.54) is 4.90 Å². The minimum Gasteiger partial charge on any atom is -0.492 e. The lowest BCUT2D eigenvalue weighted by Crippen LogP contribution is -2.39. The molecule has 2 N–H and O–H groups in total. The molecule has 0 aliphatic rings. The molecule has 0 fully saturated rings. The Morgan fingerprint density at radius 2 is 2.10 bits per heavy atom. The van der Waals surface area contributed by atoms with Gasteiger partial charge in [-0.05, 0) is 32.0 Å². The fourth-order valence-corrected chi connectivity index (χ4v) is 2.59. The molecule has 0 aliphatic carbocycles. The molecule has 0 radical (unpaired) electrons. The van der Waals surface area contributed by atoms with Crippen molar-refractivity contribution >= 4 is 11.7 Å². The van der Waals surface area contributed by atoms with Gasteiger partial charge in [-0.25, -0.2) is 4.79 Å². The smallest absolute Gasteiger partial charge is 0.321 e. The van der Waals surface area contributed by atoms with Crippen molar-refractivity contribution in [1.82, 2.24) is 14.7 Å². The molecule has 9 heteroatoms. The molecule has 0 aliphatic heterocycles. The number of aliphatic hydroxyl groups is 1. The number of amides is 2. The van der Waals surface area contributed by atoms with Gasteiger partial charge in [0.2, 0.25) is 0 Å². The molecule has 2 aromatic rings. The molecule has 0 spiro atoms. The lowest BCUT2D eigenvalue weighted by Gasteiger charge is -2.21. The topological polar surface area (TPSA) is 98.1 Å². The normalized spacial score (nSPS) is 12.0. The minimum absolute atomic E-state index is 0.138. The fraction of sp³-hybridized carbons (Fsp3) is 0.524. The molecule has 166 valence electrons. The van der Waals surface area contributed by atoms with Gasteiger partial charge in [0, 0.05) is 31.2 Å². The van der Waals surface area contributed by atoms with Crippen LogP contribution in [-0.4, -0.2) is 78.0 Å². The third kappa shape index (κ3) is 9.25. The van der Waals surface area contributed by atoms with Crippen LogP contribution in [0.25, 0.3) is 0 Å². The first kappa shape index (κ1) is 23.7. The summed E-state index contributed by atoms with van der Waals surface area (Å²) in [5.41, 5.74) is 0.611. The molecular formula is C21H32N4O5. The summed E-state index contributed by atoms with van der Waals surface area (Å²) in [6, 6.07) is 8.69. The van der Waals surface area contributed by atoms with E-state index in [1.807, 2.05) is 32.2 Å². The number of urea groups is 1. The zero-order valence-corrected chi connectivity index (χ0v) is 17.9. The second-order valence-corrected chi connectivity index (χ2v) is 7.10. The molecule has 30 heavy (non-hydrogen) atoms. The van der Waals surface area contributed by atoms with Crippen molar-refractivity contribution in [3.8, 4) is 5.75 Å². The summed E-state index contributed by atoms with van der Waals surface area (Å²) in [4.78, 5) is 13.8. The number of nitrogens with one attached hydrogen (secondary N) is 1. The van der Waals surface area contributed by atoms with Crippen LogP contribution in [0.5, 0.6) is 5.75 Å². The van der Waals surface area contributed by atoms with Crippen molar-refractivity contribution in [3.05, 3.63) is 42.7 Å². The number of hydrogen-bond acceptors (Lipinski definition) is 6. The number of anilines is 1. The highest BCUT2D eigenvalue weighted by Crippen LogP contribution is 2.17. The molecule has 1 heterocycles. The highest BCUT2D eigenvalue weighted by molar-refractivity contribution is 5.89. The Hall–Kier alpha value is -2.62. The number of ether oxygens (including phenoxy) is 3. The second-order valence-electron chi connectivity index (χ2n) is 7.10. The van der Waals surface area contributed by atoms with Crippen molar-refractivity contribution < 1.29 is 24.1 Å². The van der Waals surface area contributed by atoms with Gasteiger partial charge in [0.15, 0.2) is 0 Å². The van der Waals surface area contributed by atoms with Gasteiger partial charge in [0.1, 0.15) is 12.4 Å². The lowest BCUT2D eigenvalue weighted by atomic mass is 10.3. The van der Waals surface area contributed by atoms with Crippen molar-refractivity contribution in [3.63, 3.8) is 0 Å². The third-order valence-corrected chi connectivity index (χ3v) is 4.05. The van der Waals surface area contributed by atoms with E-state index in [1.54, 1.807) is 36.1 Å². The maximum absolute atomic E-state index is 12.4. The molecule has 1 aromatic heterocycles. The Labute approximate surface area is 177 Å². The summed E-state index contributed by atoms with van der Waals surface area (Å²) >= 11 is 0. The van der Waals surface area contributed by atoms with Gasteiger partial charge < -0.3 is 29.5 Å². The highest BCUT2D eigenvalue weighted by Gasteiger charge is 2.14. The number of likely N-dealkylation sites (N-methyl/N-ethyl adjacent to an activating group) is 1. The van der Waals surface area contributed by atoms with Gasteiger partial charge in [0.05, 0.1) is 45.1 Å². The van der Waals surface area contributed by atoms with Crippen LogP contribution in [0.2, 0.25) is 0 Å².